The first-order valence-electron chi connectivity index (χ1n) is 9.52. The second kappa shape index (κ2) is 8.54. The Bertz CT molecular complexity index is 1080. The van der Waals surface area contributed by atoms with Crippen molar-refractivity contribution in [1.82, 2.24) is 15.0 Å². The van der Waals surface area contributed by atoms with E-state index in [1.54, 1.807) is 11.0 Å². The lowest BCUT2D eigenvalue weighted by atomic mass is 10.1. The van der Waals surface area contributed by atoms with Gasteiger partial charge in [-0.15, -0.1) is 0 Å². The van der Waals surface area contributed by atoms with Gasteiger partial charge in [0.15, 0.2) is 5.82 Å². The van der Waals surface area contributed by atoms with E-state index in [9.17, 15) is 4.79 Å². The SMILES string of the molecule is COc1cc(NC(=O)N2c3nc(-c4cccc(Cl)c4)ccc3NCC[C@H]2C)ncn1. The van der Waals surface area contributed by atoms with Gasteiger partial charge in [0.1, 0.15) is 12.1 Å². The first-order valence-corrected chi connectivity index (χ1v) is 9.90. The highest BCUT2D eigenvalue weighted by Gasteiger charge is 2.29. The summed E-state index contributed by atoms with van der Waals surface area (Å²) in [5, 5.41) is 6.81. The Morgan fingerprint density at radius 2 is 2.13 bits per heavy atom. The maximum Gasteiger partial charge on any atom is 0.328 e. The predicted octanol–water partition coefficient (Wildman–Crippen LogP) is 4.44. The van der Waals surface area contributed by atoms with E-state index in [4.69, 9.17) is 21.3 Å². The summed E-state index contributed by atoms with van der Waals surface area (Å²) >= 11 is 6.14. The molecule has 8 nitrogen and oxygen atoms in total. The highest BCUT2D eigenvalue weighted by Crippen LogP contribution is 2.33. The van der Waals surface area contributed by atoms with Crippen LogP contribution in [0.1, 0.15) is 13.3 Å². The van der Waals surface area contributed by atoms with Crippen molar-refractivity contribution in [2.45, 2.75) is 19.4 Å². The number of pyridine rings is 1. The average Bonchev–Trinajstić information content (AvgIpc) is 2.91. The minimum absolute atomic E-state index is 0.0791. The molecule has 30 heavy (non-hydrogen) atoms. The Balaban J connectivity index is 1.70. The van der Waals surface area contributed by atoms with Crippen LogP contribution < -0.4 is 20.3 Å². The van der Waals surface area contributed by atoms with Crippen LogP contribution in [-0.4, -0.2) is 40.7 Å². The summed E-state index contributed by atoms with van der Waals surface area (Å²) < 4.78 is 5.10. The molecule has 1 aliphatic rings. The smallest absolute Gasteiger partial charge is 0.328 e. The van der Waals surface area contributed by atoms with Crippen LogP contribution in [0.4, 0.5) is 22.1 Å². The normalized spacial score (nSPS) is 15.6. The Morgan fingerprint density at radius 1 is 1.27 bits per heavy atom. The minimum Gasteiger partial charge on any atom is -0.481 e. The number of anilines is 3. The molecule has 2 N–H and O–H groups in total. The van der Waals surface area contributed by atoms with Crippen molar-refractivity contribution >= 4 is 35.0 Å². The first kappa shape index (κ1) is 19.9. The Hall–Kier alpha value is -3.39. The van der Waals surface area contributed by atoms with Crippen molar-refractivity contribution < 1.29 is 9.53 Å². The number of fused-ring (bicyclic) bond motifs is 1. The van der Waals surface area contributed by atoms with Gasteiger partial charge in [-0.3, -0.25) is 10.2 Å². The zero-order chi connectivity index (χ0) is 21.1. The number of benzene rings is 1. The Labute approximate surface area is 179 Å². The molecule has 3 aromatic rings. The number of carbonyl (C=O) groups excluding carboxylic acids is 1. The van der Waals surface area contributed by atoms with Gasteiger partial charge < -0.3 is 10.1 Å². The molecule has 0 saturated heterocycles. The fourth-order valence-electron chi connectivity index (χ4n) is 3.32. The van der Waals surface area contributed by atoms with Crippen LogP contribution >= 0.6 is 11.6 Å². The number of urea groups is 1. The third-order valence-electron chi connectivity index (χ3n) is 4.85. The third-order valence-corrected chi connectivity index (χ3v) is 5.08. The lowest BCUT2D eigenvalue weighted by Gasteiger charge is -2.27. The van der Waals surface area contributed by atoms with E-state index in [1.807, 2.05) is 43.3 Å². The zero-order valence-electron chi connectivity index (χ0n) is 16.6. The highest BCUT2D eigenvalue weighted by atomic mass is 35.5. The van der Waals surface area contributed by atoms with Gasteiger partial charge in [0.05, 0.1) is 18.5 Å². The van der Waals surface area contributed by atoms with Crippen molar-refractivity contribution in [2.24, 2.45) is 0 Å². The number of carbonyl (C=O) groups is 1. The van der Waals surface area contributed by atoms with Gasteiger partial charge in [-0.05, 0) is 37.6 Å². The largest absolute Gasteiger partial charge is 0.481 e. The lowest BCUT2D eigenvalue weighted by molar-refractivity contribution is 0.255. The van der Waals surface area contributed by atoms with Gasteiger partial charge in [-0.25, -0.2) is 19.7 Å². The molecule has 0 saturated carbocycles. The van der Waals surface area contributed by atoms with Crippen LogP contribution in [0.2, 0.25) is 5.02 Å². The number of aromatic nitrogens is 3. The van der Waals surface area contributed by atoms with Crippen molar-refractivity contribution in [3.63, 3.8) is 0 Å². The van der Waals surface area contributed by atoms with Crippen molar-refractivity contribution in [2.75, 3.05) is 29.2 Å². The van der Waals surface area contributed by atoms with Gasteiger partial charge >= 0.3 is 6.03 Å². The Kier molecular flexibility index (Phi) is 5.67. The van der Waals surface area contributed by atoms with Gasteiger partial charge in [-0.1, -0.05) is 23.7 Å². The lowest BCUT2D eigenvalue weighted by Crippen LogP contribution is -2.42. The van der Waals surface area contributed by atoms with Gasteiger partial charge in [0.25, 0.3) is 0 Å². The van der Waals surface area contributed by atoms with Crippen LogP contribution in [0.3, 0.4) is 0 Å². The molecule has 0 aliphatic carbocycles. The van der Waals surface area contributed by atoms with E-state index in [-0.39, 0.29) is 12.1 Å². The highest BCUT2D eigenvalue weighted by molar-refractivity contribution is 6.30. The maximum absolute atomic E-state index is 13.2. The van der Waals surface area contributed by atoms with E-state index in [1.165, 1.54) is 13.4 Å². The van der Waals surface area contributed by atoms with Crippen LogP contribution in [0.5, 0.6) is 5.88 Å². The number of hydrogen-bond donors (Lipinski definition) is 2. The van der Waals surface area contributed by atoms with Crippen LogP contribution in [0.25, 0.3) is 11.3 Å². The predicted molar refractivity (Wildman–Crippen MR) is 117 cm³/mol. The summed E-state index contributed by atoms with van der Waals surface area (Å²) in [6.45, 7) is 2.72. The van der Waals surface area contributed by atoms with Gasteiger partial charge in [0, 0.05) is 29.2 Å². The second-order valence-corrected chi connectivity index (χ2v) is 7.32. The maximum atomic E-state index is 13.2. The summed E-state index contributed by atoms with van der Waals surface area (Å²) in [6.07, 6.45) is 2.11. The fraction of sp³-hybridized carbons (Fsp3) is 0.238. The number of amides is 2. The molecule has 0 unspecified atom stereocenters. The van der Waals surface area contributed by atoms with E-state index in [0.717, 1.165) is 29.9 Å². The molecular formula is C21H21ClN6O2. The summed E-state index contributed by atoms with van der Waals surface area (Å²) in [6, 6.07) is 12.5. The molecule has 1 atom stereocenters. The molecule has 154 valence electrons. The molecule has 0 spiro atoms. The topological polar surface area (TPSA) is 92.3 Å². The monoisotopic (exact) mass is 424 g/mol. The third kappa shape index (κ3) is 4.13. The number of nitrogens with one attached hydrogen (secondary N) is 2. The van der Waals surface area contributed by atoms with Crippen molar-refractivity contribution in [3.05, 3.63) is 53.8 Å². The molecule has 2 amide bonds. The molecule has 2 aromatic heterocycles. The van der Waals surface area contributed by atoms with Gasteiger partial charge in [-0.2, -0.15) is 0 Å². The fourth-order valence-corrected chi connectivity index (χ4v) is 3.51. The second-order valence-electron chi connectivity index (χ2n) is 6.89. The number of halogens is 1. The average molecular weight is 425 g/mol. The standard InChI is InChI=1S/C21H21ClN6O2/c1-13-8-9-23-17-7-6-16(14-4-3-5-15(22)10-14)26-20(17)28(13)21(29)27-18-11-19(30-2)25-12-24-18/h3-7,10-13,23H,8-9H2,1-2H3,(H,24,25,27,29)/t13-/m1/s1. The molecule has 4 rings (SSSR count). The minimum atomic E-state index is -0.330. The summed E-state index contributed by atoms with van der Waals surface area (Å²) in [5.74, 6) is 1.27. The van der Waals surface area contributed by atoms with Crippen molar-refractivity contribution in [1.29, 1.82) is 0 Å². The number of nitrogens with zero attached hydrogens (tertiary/aromatic N) is 4. The molecule has 0 fully saturated rings. The quantitative estimate of drug-likeness (QED) is 0.645. The van der Waals surface area contributed by atoms with Crippen LogP contribution in [-0.2, 0) is 0 Å². The molecule has 9 heteroatoms. The molecular weight excluding hydrogens is 404 g/mol. The number of ether oxygens (including phenoxy) is 1. The van der Waals surface area contributed by atoms with E-state index < -0.39 is 0 Å². The van der Waals surface area contributed by atoms with Crippen LogP contribution in [0, 0.1) is 0 Å². The summed E-state index contributed by atoms with van der Waals surface area (Å²) in [4.78, 5) is 27.7. The molecule has 1 aromatic carbocycles. The van der Waals surface area contributed by atoms with E-state index in [2.05, 4.69) is 20.6 Å². The summed E-state index contributed by atoms with van der Waals surface area (Å²) in [5.41, 5.74) is 2.40. The van der Waals surface area contributed by atoms with Crippen LogP contribution in [0.15, 0.2) is 48.8 Å². The Morgan fingerprint density at radius 3 is 2.93 bits per heavy atom. The van der Waals surface area contributed by atoms with E-state index in [0.29, 0.717) is 22.5 Å². The summed E-state index contributed by atoms with van der Waals surface area (Å²) in [7, 11) is 1.51. The first-order chi connectivity index (χ1) is 14.5. The molecule has 3 heterocycles. The number of rotatable bonds is 3. The van der Waals surface area contributed by atoms with Crippen molar-refractivity contribution in [3.8, 4) is 17.1 Å². The number of hydrogen-bond acceptors (Lipinski definition) is 6. The van der Waals surface area contributed by atoms with Gasteiger partial charge in [0.2, 0.25) is 5.88 Å². The molecule has 0 radical (unpaired) electrons. The molecule has 0 bridgehead atoms. The zero-order valence-corrected chi connectivity index (χ0v) is 17.3. The van der Waals surface area contributed by atoms with E-state index >= 15 is 0 Å². The molecule has 1 aliphatic heterocycles. The number of methoxy groups -OCH3 is 1.